The highest BCUT2D eigenvalue weighted by Gasteiger charge is 2.40. The van der Waals surface area contributed by atoms with E-state index < -0.39 is 18.1 Å². The number of hydrogen-bond donors (Lipinski definition) is 2. The summed E-state index contributed by atoms with van der Waals surface area (Å²) in [5, 5.41) is 5.79. The summed E-state index contributed by atoms with van der Waals surface area (Å²) in [6, 6.07) is 6.23. The normalized spacial score (nSPS) is 16.1. The quantitative estimate of drug-likeness (QED) is 0.491. The van der Waals surface area contributed by atoms with E-state index >= 15 is 0 Å². The van der Waals surface area contributed by atoms with Crippen LogP contribution in [-0.2, 0) is 9.59 Å². The molecule has 154 valence electrons. The number of benzene rings is 1. The van der Waals surface area contributed by atoms with Crippen LogP contribution in [0.5, 0.6) is 5.75 Å². The SMILES string of the molecule is CCCCNC(=O)C1(NC(=O)/C=C/c2ccccc2OC(F)F)CCCCC1. The van der Waals surface area contributed by atoms with Gasteiger partial charge in [-0.05, 0) is 31.4 Å². The molecule has 0 radical (unpaired) electrons. The maximum absolute atomic E-state index is 12.7. The number of nitrogens with one attached hydrogen (secondary N) is 2. The van der Waals surface area contributed by atoms with Gasteiger partial charge in [0.25, 0.3) is 0 Å². The Morgan fingerprint density at radius 3 is 2.61 bits per heavy atom. The summed E-state index contributed by atoms with van der Waals surface area (Å²) in [5.74, 6) is -0.588. The van der Waals surface area contributed by atoms with E-state index in [-0.39, 0.29) is 11.7 Å². The van der Waals surface area contributed by atoms with Gasteiger partial charge in [-0.15, -0.1) is 0 Å². The highest BCUT2D eigenvalue weighted by molar-refractivity contribution is 5.97. The lowest BCUT2D eigenvalue weighted by atomic mass is 9.80. The number of halogens is 2. The molecule has 5 nitrogen and oxygen atoms in total. The highest BCUT2D eigenvalue weighted by atomic mass is 19.3. The lowest BCUT2D eigenvalue weighted by Gasteiger charge is -2.36. The molecular weight excluding hydrogens is 366 g/mol. The summed E-state index contributed by atoms with van der Waals surface area (Å²) in [5.41, 5.74) is -0.546. The first kappa shape index (κ1) is 21.9. The van der Waals surface area contributed by atoms with Crippen LogP contribution in [0.1, 0.15) is 57.4 Å². The Hall–Kier alpha value is -2.44. The lowest BCUT2D eigenvalue weighted by Crippen LogP contribution is -2.59. The van der Waals surface area contributed by atoms with Crippen LogP contribution in [0.4, 0.5) is 8.78 Å². The molecule has 2 N–H and O–H groups in total. The molecule has 0 atom stereocenters. The molecule has 1 fully saturated rings. The first-order valence-corrected chi connectivity index (χ1v) is 9.79. The molecule has 1 saturated carbocycles. The minimum absolute atomic E-state index is 0.00811. The zero-order valence-electron chi connectivity index (χ0n) is 16.2. The van der Waals surface area contributed by atoms with Crippen LogP contribution < -0.4 is 15.4 Å². The van der Waals surface area contributed by atoms with Gasteiger partial charge in [-0.3, -0.25) is 9.59 Å². The van der Waals surface area contributed by atoms with Crippen molar-refractivity contribution in [2.24, 2.45) is 0 Å². The Bertz CT molecular complexity index is 686. The first-order valence-electron chi connectivity index (χ1n) is 9.79. The van der Waals surface area contributed by atoms with Crippen molar-refractivity contribution in [1.82, 2.24) is 10.6 Å². The maximum Gasteiger partial charge on any atom is 0.387 e. The van der Waals surface area contributed by atoms with Crippen molar-refractivity contribution in [3.63, 3.8) is 0 Å². The molecule has 28 heavy (non-hydrogen) atoms. The van der Waals surface area contributed by atoms with Gasteiger partial charge in [0.05, 0.1) is 0 Å². The molecule has 1 aliphatic carbocycles. The van der Waals surface area contributed by atoms with Crippen molar-refractivity contribution < 1.29 is 23.1 Å². The van der Waals surface area contributed by atoms with Crippen LogP contribution in [0.25, 0.3) is 6.08 Å². The molecule has 0 heterocycles. The summed E-state index contributed by atoms with van der Waals surface area (Å²) in [6.07, 6.45) is 8.49. The molecule has 7 heteroatoms. The van der Waals surface area contributed by atoms with Crippen molar-refractivity contribution in [2.75, 3.05) is 6.54 Å². The summed E-state index contributed by atoms with van der Waals surface area (Å²) in [4.78, 5) is 25.2. The minimum atomic E-state index is -2.94. The van der Waals surface area contributed by atoms with Gasteiger partial charge in [-0.25, -0.2) is 0 Å². The summed E-state index contributed by atoms with van der Waals surface area (Å²) >= 11 is 0. The second-order valence-corrected chi connectivity index (χ2v) is 6.99. The summed E-state index contributed by atoms with van der Waals surface area (Å²) < 4.78 is 29.5. The van der Waals surface area contributed by atoms with Crippen molar-refractivity contribution in [1.29, 1.82) is 0 Å². The molecule has 0 spiro atoms. The number of amides is 2. The Balaban J connectivity index is 2.07. The third kappa shape index (κ3) is 6.32. The Labute approximate surface area is 164 Å². The number of rotatable bonds is 9. The van der Waals surface area contributed by atoms with Crippen LogP contribution in [0.15, 0.2) is 30.3 Å². The van der Waals surface area contributed by atoms with Crippen LogP contribution in [0.3, 0.4) is 0 Å². The third-order valence-electron chi connectivity index (χ3n) is 4.87. The Morgan fingerprint density at radius 2 is 1.93 bits per heavy atom. The summed E-state index contributed by atoms with van der Waals surface area (Å²) in [6.45, 7) is -0.313. The molecule has 0 aromatic heterocycles. The Morgan fingerprint density at radius 1 is 1.21 bits per heavy atom. The van der Waals surface area contributed by atoms with E-state index in [1.807, 2.05) is 6.92 Å². The molecule has 1 aromatic carbocycles. The van der Waals surface area contributed by atoms with Crippen LogP contribution >= 0.6 is 0 Å². The van der Waals surface area contributed by atoms with Gasteiger partial charge in [-0.2, -0.15) is 8.78 Å². The number of ether oxygens (including phenoxy) is 1. The van der Waals surface area contributed by atoms with Gasteiger partial charge >= 0.3 is 6.61 Å². The fourth-order valence-electron chi connectivity index (χ4n) is 3.38. The van der Waals surface area contributed by atoms with Gasteiger partial charge in [-0.1, -0.05) is 50.8 Å². The maximum atomic E-state index is 12.7. The molecule has 0 bridgehead atoms. The predicted molar refractivity (Wildman–Crippen MR) is 104 cm³/mol. The molecule has 1 aromatic rings. The first-order chi connectivity index (χ1) is 13.5. The van der Waals surface area contributed by atoms with Gasteiger partial charge in [0, 0.05) is 18.2 Å². The molecule has 0 aliphatic heterocycles. The number of para-hydroxylation sites is 1. The van der Waals surface area contributed by atoms with Gasteiger partial charge < -0.3 is 15.4 Å². The fraction of sp³-hybridized carbons (Fsp3) is 0.524. The van der Waals surface area contributed by atoms with E-state index in [9.17, 15) is 18.4 Å². The van der Waals surface area contributed by atoms with E-state index in [0.29, 0.717) is 24.9 Å². The monoisotopic (exact) mass is 394 g/mol. The van der Waals surface area contributed by atoms with E-state index in [0.717, 1.165) is 32.1 Å². The standard InChI is InChI=1S/C21H28F2N2O3/c1-2-3-15-24-19(27)21(13-7-4-8-14-21)25-18(26)12-11-16-9-5-6-10-17(16)28-20(22)23/h5-6,9-12,20H,2-4,7-8,13-15H2,1H3,(H,24,27)(H,25,26)/b12-11+. The highest BCUT2D eigenvalue weighted by Crippen LogP contribution is 2.29. The van der Waals surface area contributed by atoms with Crippen molar-refractivity contribution in [3.8, 4) is 5.75 Å². The van der Waals surface area contributed by atoms with E-state index in [4.69, 9.17) is 0 Å². The molecule has 0 saturated heterocycles. The minimum Gasteiger partial charge on any atom is -0.434 e. The Kier molecular flexibility index (Phi) is 8.42. The van der Waals surface area contributed by atoms with E-state index in [1.165, 1.54) is 18.2 Å². The van der Waals surface area contributed by atoms with Crippen molar-refractivity contribution in [3.05, 3.63) is 35.9 Å². The average Bonchev–Trinajstić information content (AvgIpc) is 2.67. The summed E-state index contributed by atoms with van der Waals surface area (Å²) in [7, 11) is 0. The number of unbranched alkanes of at least 4 members (excludes halogenated alkanes) is 1. The van der Waals surface area contributed by atoms with Crippen LogP contribution in [0.2, 0.25) is 0 Å². The van der Waals surface area contributed by atoms with Gasteiger partial charge in [0.2, 0.25) is 11.8 Å². The predicted octanol–water partition coefficient (Wildman–Crippen LogP) is 4.04. The van der Waals surface area contributed by atoms with E-state index in [1.54, 1.807) is 18.2 Å². The molecular formula is C21H28F2N2O3. The second kappa shape index (κ2) is 10.8. The molecule has 2 rings (SSSR count). The largest absolute Gasteiger partial charge is 0.434 e. The van der Waals surface area contributed by atoms with E-state index in [2.05, 4.69) is 15.4 Å². The topological polar surface area (TPSA) is 67.4 Å². The van der Waals surface area contributed by atoms with Crippen LogP contribution in [-0.4, -0.2) is 30.5 Å². The molecule has 1 aliphatic rings. The fourth-order valence-corrected chi connectivity index (χ4v) is 3.38. The smallest absolute Gasteiger partial charge is 0.387 e. The van der Waals surface area contributed by atoms with Crippen LogP contribution in [0, 0.1) is 0 Å². The van der Waals surface area contributed by atoms with Gasteiger partial charge in [0.1, 0.15) is 11.3 Å². The lowest BCUT2D eigenvalue weighted by molar-refractivity contribution is -0.133. The molecule has 0 unspecified atom stereocenters. The third-order valence-corrected chi connectivity index (χ3v) is 4.87. The van der Waals surface area contributed by atoms with Crippen molar-refractivity contribution >= 4 is 17.9 Å². The number of carbonyl (C=O) groups is 2. The number of carbonyl (C=O) groups excluding carboxylic acids is 2. The zero-order chi connectivity index (χ0) is 20.4. The average molecular weight is 394 g/mol. The second-order valence-electron chi connectivity index (χ2n) is 6.99. The van der Waals surface area contributed by atoms with Gasteiger partial charge in [0.15, 0.2) is 0 Å². The zero-order valence-corrected chi connectivity index (χ0v) is 16.2. The molecule has 2 amide bonds. The number of alkyl halides is 2. The van der Waals surface area contributed by atoms with Crippen molar-refractivity contribution in [2.45, 2.75) is 64.0 Å². The number of hydrogen-bond acceptors (Lipinski definition) is 3.